The molecule has 2 heterocycles. The Morgan fingerprint density at radius 1 is 1.17 bits per heavy atom. The van der Waals surface area contributed by atoms with Crippen molar-refractivity contribution in [3.63, 3.8) is 0 Å². The van der Waals surface area contributed by atoms with E-state index in [-0.39, 0.29) is 18.2 Å². The fraction of sp³-hybridized carbons (Fsp3) is 0.292. The normalized spacial score (nSPS) is 14.0. The summed E-state index contributed by atoms with van der Waals surface area (Å²) in [7, 11) is 0. The van der Waals surface area contributed by atoms with Crippen molar-refractivity contribution in [2.24, 2.45) is 0 Å². The Morgan fingerprint density at radius 3 is 2.87 bits per heavy atom. The number of benzene rings is 2. The Morgan fingerprint density at radius 2 is 2.03 bits per heavy atom. The van der Waals surface area contributed by atoms with Crippen molar-refractivity contribution in [3.05, 3.63) is 70.7 Å². The van der Waals surface area contributed by atoms with E-state index in [1.165, 1.54) is 5.56 Å². The first-order valence-electron chi connectivity index (χ1n) is 10.2. The van der Waals surface area contributed by atoms with Crippen LogP contribution in [0.4, 0.5) is 5.69 Å². The van der Waals surface area contributed by atoms with Crippen molar-refractivity contribution >= 4 is 28.8 Å². The summed E-state index contributed by atoms with van der Waals surface area (Å²) in [5, 5.41) is 5.83. The number of nitrogens with one attached hydrogen (secondary N) is 1. The van der Waals surface area contributed by atoms with Crippen LogP contribution in [0.3, 0.4) is 0 Å². The van der Waals surface area contributed by atoms with Crippen LogP contribution in [0.5, 0.6) is 0 Å². The third kappa shape index (κ3) is 5.13. The number of anilines is 1. The molecule has 1 saturated heterocycles. The van der Waals surface area contributed by atoms with Gasteiger partial charge in [-0.3, -0.25) is 9.59 Å². The van der Waals surface area contributed by atoms with Crippen LogP contribution in [0.2, 0.25) is 0 Å². The zero-order valence-corrected chi connectivity index (χ0v) is 17.9. The number of amides is 2. The van der Waals surface area contributed by atoms with E-state index >= 15 is 0 Å². The molecule has 1 aliphatic heterocycles. The summed E-state index contributed by atoms with van der Waals surface area (Å²) in [6.45, 7) is 3.46. The van der Waals surface area contributed by atoms with Gasteiger partial charge in [-0.25, -0.2) is 4.98 Å². The van der Waals surface area contributed by atoms with Crippen LogP contribution < -0.4 is 5.32 Å². The summed E-state index contributed by atoms with van der Waals surface area (Å²) in [4.78, 5) is 31.1. The molecule has 30 heavy (non-hydrogen) atoms. The highest BCUT2D eigenvalue weighted by molar-refractivity contribution is 7.13. The number of piperidine rings is 1. The van der Waals surface area contributed by atoms with E-state index in [0.29, 0.717) is 13.0 Å². The summed E-state index contributed by atoms with van der Waals surface area (Å²) in [5.41, 5.74) is 4.80. The average molecular weight is 420 g/mol. The summed E-state index contributed by atoms with van der Waals surface area (Å²) in [6.07, 6.45) is 2.90. The molecule has 1 N–H and O–H groups in total. The van der Waals surface area contributed by atoms with Crippen LogP contribution in [0.15, 0.2) is 53.9 Å². The maximum absolute atomic E-state index is 12.5. The Balaban J connectivity index is 1.37. The Bertz CT molecular complexity index is 1060. The molecule has 0 spiro atoms. The van der Waals surface area contributed by atoms with Gasteiger partial charge in [0.05, 0.1) is 12.1 Å². The fourth-order valence-electron chi connectivity index (χ4n) is 3.67. The van der Waals surface area contributed by atoms with Gasteiger partial charge in [0.15, 0.2) is 0 Å². The topological polar surface area (TPSA) is 62.3 Å². The van der Waals surface area contributed by atoms with Crippen LogP contribution in [0.1, 0.15) is 36.1 Å². The highest BCUT2D eigenvalue weighted by Gasteiger charge is 2.18. The van der Waals surface area contributed by atoms with E-state index in [1.807, 2.05) is 46.7 Å². The van der Waals surface area contributed by atoms with Gasteiger partial charge in [0.1, 0.15) is 5.01 Å². The van der Waals surface area contributed by atoms with Crippen LogP contribution in [0, 0.1) is 6.92 Å². The van der Waals surface area contributed by atoms with E-state index in [4.69, 9.17) is 0 Å². The van der Waals surface area contributed by atoms with E-state index < -0.39 is 0 Å². The number of rotatable bonds is 6. The molecule has 1 aliphatic rings. The molecule has 0 bridgehead atoms. The molecule has 5 nitrogen and oxygen atoms in total. The second-order valence-corrected chi connectivity index (χ2v) is 8.57. The second kappa shape index (κ2) is 9.22. The summed E-state index contributed by atoms with van der Waals surface area (Å²) < 4.78 is 0. The first-order chi connectivity index (χ1) is 14.6. The average Bonchev–Trinajstić information content (AvgIpc) is 3.18. The van der Waals surface area contributed by atoms with Crippen molar-refractivity contribution in [2.45, 2.75) is 39.2 Å². The van der Waals surface area contributed by atoms with Gasteiger partial charge in [0.2, 0.25) is 11.8 Å². The molecule has 0 unspecified atom stereocenters. The van der Waals surface area contributed by atoms with E-state index in [9.17, 15) is 9.59 Å². The number of carbonyl (C=O) groups excluding carboxylic acids is 2. The molecule has 1 fully saturated rings. The zero-order chi connectivity index (χ0) is 20.9. The number of carbonyl (C=O) groups is 2. The minimum atomic E-state index is -0.0951. The first kappa shape index (κ1) is 20.3. The molecule has 0 saturated carbocycles. The maximum atomic E-state index is 12.5. The molecule has 4 rings (SSSR count). The zero-order valence-electron chi connectivity index (χ0n) is 17.1. The smallest absolute Gasteiger partial charge is 0.230 e. The summed E-state index contributed by atoms with van der Waals surface area (Å²) >= 11 is 1.55. The molecule has 0 aliphatic carbocycles. The first-order valence-corrected chi connectivity index (χ1v) is 11.1. The second-order valence-electron chi connectivity index (χ2n) is 7.71. The number of hydrogen-bond acceptors (Lipinski definition) is 4. The van der Waals surface area contributed by atoms with Gasteiger partial charge in [-0.05, 0) is 43.5 Å². The van der Waals surface area contributed by atoms with Crippen molar-refractivity contribution in [2.75, 3.05) is 11.9 Å². The Labute approximate surface area is 180 Å². The lowest BCUT2D eigenvalue weighted by molar-refractivity contribution is -0.133. The van der Waals surface area contributed by atoms with Gasteiger partial charge in [0.25, 0.3) is 0 Å². The van der Waals surface area contributed by atoms with Gasteiger partial charge in [0, 0.05) is 36.1 Å². The largest absolute Gasteiger partial charge is 0.338 e. The predicted octanol–water partition coefficient (Wildman–Crippen LogP) is 4.81. The van der Waals surface area contributed by atoms with Gasteiger partial charge >= 0.3 is 0 Å². The van der Waals surface area contributed by atoms with Crippen molar-refractivity contribution < 1.29 is 9.59 Å². The summed E-state index contributed by atoms with van der Waals surface area (Å²) in [6, 6.07) is 15.9. The minimum Gasteiger partial charge on any atom is -0.338 e. The quantitative estimate of drug-likeness (QED) is 0.624. The Kier molecular flexibility index (Phi) is 6.23. The van der Waals surface area contributed by atoms with Crippen LogP contribution >= 0.6 is 11.3 Å². The fourth-order valence-corrected chi connectivity index (χ4v) is 4.48. The standard InChI is InChI=1S/C24H25N3O2S/c1-17-6-4-8-19(12-17)24-26-21(16-30-24)14-22(28)25-20-9-5-7-18(13-20)15-27-11-3-2-10-23(27)29/h4-9,12-13,16H,2-3,10-11,14-15H2,1H3,(H,25,28). The van der Waals surface area contributed by atoms with Gasteiger partial charge in [-0.1, -0.05) is 35.9 Å². The van der Waals surface area contributed by atoms with Crippen molar-refractivity contribution in [1.82, 2.24) is 9.88 Å². The van der Waals surface area contributed by atoms with E-state index in [2.05, 4.69) is 29.4 Å². The van der Waals surface area contributed by atoms with Crippen molar-refractivity contribution in [1.29, 1.82) is 0 Å². The molecular weight excluding hydrogens is 394 g/mol. The molecule has 0 radical (unpaired) electrons. The lowest BCUT2D eigenvalue weighted by atomic mass is 10.1. The number of aromatic nitrogens is 1. The van der Waals surface area contributed by atoms with Crippen molar-refractivity contribution in [3.8, 4) is 10.6 Å². The lowest BCUT2D eigenvalue weighted by Gasteiger charge is -2.26. The van der Waals surface area contributed by atoms with Crippen LogP contribution in [-0.2, 0) is 22.6 Å². The lowest BCUT2D eigenvalue weighted by Crippen LogP contribution is -2.34. The van der Waals surface area contributed by atoms with Gasteiger partial charge in [-0.2, -0.15) is 0 Å². The van der Waals surface area contributed by atoms with Crippen LogP contribution in [0.25, 0.3) is 10.6 Å². The molecule has 0 atom stereocenters. The van der Waals surface area contributed by atoms with Gasteiger partial charge < -0.3 is 10.2 Å². The molecule has 1 aromatic heterocycles. The predicted molar refractivity (Wildman–Crippen MR) is 120 cm³/mol. The van der Waals surface area contributed by atoms with Gasteiger partial charge in [-0.15, -0.1) is 11.3 Å². The number of likely N-dealkylation sites (tertiary alicyclic amines) is 1. The van der Waals surface area contributed by atoms with E-state index in [0.717, 1.165) is 46.9 Å². The number of hydrogen-bond donors (Lipinski definition) is 1. The third-order valence-corrected chi connectivity index (χ3v) is 6.10. The molecule has 2 amide bonds. The van der Waals surface area contributed by atoms with E-state index in [1.54, 1.807) is 11.3 Å². The minimum absolute atomic E-state index is 0.0951. The molecule has 6 heteroatoms. The van der Waals surface area contributed by atoms with Crippen LogP contribution in [-0.4, -0.2) is 28.2 Å². The number of aryl methyl sites for hydroxylation is 1. The Hall–Kier alpha value is -2.99. The maximum Gasteiger partial charge on any atom is 0.230 e. The number of nitrogens with zero attached hydrogens (tertiary/aromatic N) is 2. The molecule has 2 aromatic carbocycles. The highest BCUT2D eigenvalue weighted by Crippen LogP contribution is 2.25. The SMILES string of the molecule is Cc1cccc(-c2nc(CC(=O)Nc3cccc(CN4CCCCC4=O)c3)cs2)c1. The third-order valence-electron chi connectivity index (χ3n) is 5.16. The molecular formula is C24H25N3O2S. The highest BCUT2D eigenvalue weighted by atomic mass is 32.1. The monoisotopic (exact) mass is 419 g/mol. The molecule has 3 aromatic rings. The summed E-state index contributed by atoms with van der Waals surface area (Å²) in [5.74, 6) is 0.117. The number of thiazole rings is 1. The molecule has 154 valence electrons.